The van der Waals surface area contributed by atoms with Crippen molar-refractivity contribution in [2.45, 2.75) is 46.2 Å². The lowest BCUT2D eigenvalue weighted by molar-refractivity contribution is 0.541. The third-order valence-corrected chi connectivity index (χ3v) is 2.31. The molecule has 0 unspecified atom stereocenters. The first-order chi connectivity index (χ1) is 7.10. The van der Waals surface area contributed by atoms with Crippen LogP contribution in [-0.4, -0.2) is 9.78 Å². The maximum absolute atomic E-state index is 11.8. The lowest BCUT2D eigenvalue weighted by Crippen LogP contribution is -2.29. The van der Waals surface area contributed by atoms with Gasteiger partial charge in [0.15, 0.2) is 0 Å². The molecule has 2 N–H and O–H groups in total. The zero-order chi connectivity index (χ0) is 11.4. The fourth-order valence-electron chi connectivity index (χ4n) is 1.41. The monoisotopic (exact) mass is 209 g/mol. The number of nitrogens with two attached hydrogens (primary N) is 1. The summed E-state index contributed by atoms with van der Waals surface area (Å²) in [6.07, 6.45) is 0.901. The van der Waals surface area contributed by atoms with Gasteiger partial charge in [0.1, 0.15) is 0 Å². The van der Waals surface area contributed by atoms with Crippen molar-refractivity contribution < 1.29 is 0 Å². The highest BCUT2D eigenvalue weighted by atomic mass is 16.1. The summed E-state index contributed by atoms with van der Waals surface area (Å²) < 4.78 is 1.53. The molecule has 0 amide bonds. The average Bonchev–Trinajstić information content (AvgIpc) is 2.21. The van der Waals surface area contributed by atoms with Crippen molar-refractivity contribution in [1.29, 1.82) is 0 Å². The predicted octanol–water partition coefficient (Wildman–Crippen LogP) is 1.24. The van der Waals surface area contributed by atoms with Crippen LogP contribution in [0.3, 0.4) is 0 Å². The van der Waals surface area contributed by atoms with Crippen LogP contribution in [0.4, 0.5) is 0 Å². The summed E-state index contributed by atoms with van der Waals surface area (Å²) in [5, 5.41) is 4.32. The van der Waals surface area contributed by atoms with Crippen molar-refractivity contribution in [3.8, 4) is 0 Å². The maximum Gasteiger partial charge on any atom is 0.271 e. The minimum absolute atomic E-state index is 0.0521. The Morgan fingerprint density at radius 1 is 1.53 bits per heavy atom. The molecule has 4 heteroatoms. The van der Waals surface area contributed by atoms with E-state index >= 15 is 0 Å². The molecule has 0 bridgehead atoms. The molecule has 0 atom stereocenters. The van der Waals surface area contributed by atoms with Crippen LogP contribution < -0.4 is 11.3 Å². The molecule has 0 fully saturated rings. The van der Waals surface area contributed by atoms with Gasteiger partial charge in [-0.3, -0.25) is 4.79 Å². The molecule has 0 aromatic carbocycles. The summed E-state index contributed by atoms with van der Waals surface area (Å²) >= 11 is 0. The first kappa shape index (κ1) is 11.9. The highest BCUT2D eigenvalue weighted by Gasteiger charge is 2.08. The Hall–Kier alpha value is -1.16. The summed E-state index contributed by atoms with van der Waals surface area (Å²) in [4.78, 5) is 11.8. The van der Waals surface area contributed by atoms with Crippen LogP contribution in [0.1, 0.15) is 44.4 Å². The van der Waals surface area contributed by atoms with E-state index in [1.165, 1.54) is 4.68 Å². The van der Waals surface area contributed by atoms with Crippen LogP contribution in [0, 0.1) is 0 Å². The molecule has 84 valence electrons. The smallest absolute Gasteiger partial charge is 0.271 e. The third-order valence-electron chi connectivity index (χ3n) is 2.31. The normalized spacial score (nSPS) is 11.0. The molecule has 0 aliphatic carbocycles. The second-order valence-corrected chi connectivity index (χ2v) is 3.98. The van der Waals surface area contributed by atoms with Crippen LogP contribution in [0.15, 0.2) is 10.9 Å². The van der Waals surface area contributed by atoms with Gasteiger partial charge in [-0.1, -0.05) is 20.8 Å². The van der Waals surface area contributed by atoms with Crippen LogP contribution >= 0.6 is 0 Å². The second kappa shape index (κ2) is 5.07. The molecule has 0 aliphatic heterocycles. The fraction of sp³-hybridized carbons (Fsp3) is 0.636. The van der Waals surface area contributed by atoms with Crippen LogP contribution in [0.2, 0.25) is 0 Å². The Kier molecular flexibility index (Phi) is 4.03. The summed E-state index contributed by atoms with van der Waals surface area (Å²) in [7, 11) is 0. The standard InChI is InChI=1S/C11H19N3O/c1-4-5-14-11(15)9(7-12)6-10(13-14)8(2)3/h6,8H,4-5,7,12H2,1-3H3. The zero-order valence-electron chi connectivity index (χ0n) is 9.66. The number of hydrogen-bond acceptors (Lipinski definition) is 3. The quantitative estimate of drug-likeness (QED) is 0.811. The van der Waals surface area contributed by atoms with Crippen molar-refractivity contribution in [1.82, 2.24) is 9.78 Å². The molecule has 0 saturated heterocycles. The first-order valence-electron chi connectivity index (χ1n) is 5.41. The molecule has 4 nitrogen and oxygen atoms in total. The summed E-state index contributed by atoms with van der Waals surface area (Å²) in [5.74, 6) is 0.319. The molecular weight excluding hydrogens is 190 g/mol. The number of rotatable bonds is 4. The average molecular weight is 209 g/mol. The van der Waals surface area contributed by atoms with Crippen LogP contribution in [-0.2, 0) is 13.1 Å². The molecular formula is C11H19N3O. The van der Waals surface area contributed by atoms with E-state index < -0.39 is 0 Å². The van der Waals surface area contributed by atoms with Crippen molar-refractivity contribution in [3.05, 3.63) is 27.7 Å². The highest BCUT2D eigenvalue weighted by Crippen LogP contribution is 2.10. The third kappa shape index (κ3) is 2.65. The van der Waals surface area contributed by atoms with Crippen LogP contribution in [0.5, 0.6) is 0 Å². The minimum atomic E-state index is -0.0521. The van der Waals surface area contributed by atoms with Crippen molar-refractivity contribution in [2.24, 2.45) is 5.73 Å². The van der Waals surface area contributed by atoms with E-state index in [1.807, 2.05) is 13.0 Å². The Labute approximate surface area is 90.1 Å². The lowest BCUT2D eigenvalue weighted by atomic mass is 10.1. The van der Waals surface area contributed by atoms with Crippen molar-refractivity contribution >= 4 is 0 Å². The van der Waals surface area contributed by atoms with Gasteiger partial charge in [0.05, 0.1) is 5.69 Å². The zero-order valence-corrected chi connectivity index (χ0v) is 9.66. The lowest BCUT2D eigenvalue weighted by Gasteiger charge is -2.10. The number of aromatic nitrogens is 2. The second-order valence-electron chi connectivity index (χ2n) is 3.98. The molecule has 1 rings (SSSR count). The Bertz CT molecular complexity index is 382. The number of nitrogens with zero attached hydrogens (tertiary/aromatic N) is 2. The molecule has 0 aliphatic rings. The highest BCUT2D eigenvalue weighted by molar-refractivity contribution is 5.15. The van der Waals surface area contributed by atoms with E-state index in [9.17, 15) is 4.79 Å². The van der Waals surface area contributed by atoms with Crippen molar-refractivity contribution in [3.63, 3.8) is 0 Å². The number of aryl methyl sites for hydroxylation is 1. The van der Waals surface area contributed by atoms with E-state index in [0.717, 1.165) is 12.1 Å². The van der Waals surface area contributed by atoms with E-state index in [0.29, 0.717) is 18.0 Å². The SMILES string of the molecule is CCCn1nc(C(C)C)cc(CN)c1=O. The van der Waals surface area contributed by atoms with Crippen molar-refractivity contribution in [2.75, 3.05) is 0 Å². The maximum atomic E-state index is 11.8. The van der Waals surface area contributed by atoms with Crippen LogP contribution in [0.25, 0.3) is 0 Å². The Morgan fingerprint density at radius 3 is 2.67 bits per heavy atom. The predicted molar refractivity (Wildman–Crippen MR) is 60.8 cm³/mol. The minimum Gasteiger partial charge on any atom is -0.326 e. The van der Waals surface area contributed by atoms with Gasteiger partial charge in [0.2, 0.25) is 0 Å². The van der Waals surface area contributed by atoms with Gasteiger partial charge in [-0.25, -0.2) is 4.68 Å². The number of hydrogen-bond donors (Lipinski definition) is 1. The van der Waals surface area contributed by atoms with Gasteiger partial charge in [0, 0.05) is 18.7 Å². The summed E-state index contributed by atoms with van der Waals surface area (Å²) in [6, 6.07) is 1.82. The Balaban J connectivity index is 3.25. The summed E-state index contributed by atoms with van der Waals surface area (Å²) in [5.41, 5.74) is 7.08. The van der Waals surface area contributed by atoms with Gasteiger partial charge >= 0.3 is 0 Å². The van der Waals surface area contributed by atoms with E-state index in [-0.39, 0.29) is 12.1 Å². The topological polar surface area (TPSA) is 60.9 Å². The first-order valence-corrected chi connectivity index (χ1v) is 5.41. The molecule has 0 spiro atoms. The van der Waals surface area contributed by atoms with E-state index in [1.54, 1.807) is 0 Å². The summed E-state index contributed by atoms with van der Waals surface area (Å²) in [6.45, 7) is 7.09. The van der Waals surface area contributed by atoms with Gasteiger partial charge in [0.25, 0.3) is 5.56 Å². The van der Waals surface area contributed by atoms with E-state index in [4.69, 9.17) is 5.73 Å². The molecule has 1 aromatic heterocycles. The molecule has 1 heterocycles. The molecule has 0 saturated carbocycles. The van der Waals surface area contributed by atoms with Gasteiger partial charge in [-0.2, -0.15) is 5.10 Å². The largest absolute Gasteiger partial charge is 0.326 e. The van der Waals surface area contributed by atoms with E-state index in [2.05, 4.69) is 18.9 Å². The molecule has 1 aromatic rings. The molecule has 0 radical (unpaired) electrons. The fourth-order valence-corrected chi connectivity index (χ4v) is 1.41. The van der Waals surface area contributed by atoms with Gasteiger partial charge in [-0.15, -0.1) is 0 Å². The Morgan fingerprint density at radius 2 is 2.20 bits per heavy atom. The molecule has 15 heavy (non-hydrogen) atoms. The van der Waals surface area contributed by atoms with Gasteiger partial charge < -0.3 is 5.73 Å². The van der Waals surface area contributed by atoms with Gasteiger partial charge in [-0.05, 0) is 18.4 Å².